The Morgan fingerprint density at radius 2 is 2.05 bits per heavy atom. The molecule has 7 heteroatoms. The summed E-state index contributed by atoms with van der Waals surface area (Å²) in [6.07, 6.45) is 2.36. The molecule has 0 saturated carbocycles. The number of piperidine rings is 1. The molecular formula is C15H23N7. The van der Waals surface area contributed by atoms with Gasteiger partial charge in [-0.05, 0) is 39.5 Å². The lowest BCUT2D eigenvalue weighted by Gasteiger charge is -2.33. The van der Waals surface area contributed by atoms with E-state index in [1.54, 1.807) is 0 Å². The van der Waals surface area contributed by atoms with E-state index in [4.69, 9.17) is 5.73 Å². The minimum atomic E-state index is 0.347. The maximum absolute atomic E-state index is 5.78. The van der Waals surface area contributed by atoms with E-state index in [9.17, 15) is 0 Å². The van der Waals surface area contributed by atoms with E-state index in [0.29, 0.717) is 11.9 Å². The number of nitrogen functional groups attached to an aromatic ring is 1. The Morgan fingerprint density at radius 1 is 1.23 bits per heavy atom. The highest BCUT2D eigenvalue weighted by Gasteiger charge is 2.22. The van der Waals surface area contributed by atoms with Gasteiger partial charge in [-0.15, -0.1) is 0 Å². The second-order valence-electron chi connectivity index (χ2n) is 6.07. The Balaban J connectivity index is 1.72. The van der Waals surface area contributed by atoms with Crippen LogP contribution < -0.4 is 10.6 Å². The molecule has 1 fully saturated rings. The Morgan fingerprint density at radius 3 is 2.73 bits per heavy atom. The summed E-state index contributed by atoms with van der Waals surface area (Å²) in [5, 5.41) is 4.47. The summed E-state index contributed by atoms with van der Waals surface area (Å²) in [4.78, 5) is 15.2. The third-order valence-corrected chi connectivity index (χ3v) is 4.09. The molecule has 1 aliphatic rings. The zero-order chi connectivity index (χ0) is 15.7. The third-order valence-electron chi connectivity index (χ3n) is 4.09. The number of nitrogens with two attached hydrogens (primary N) is 1. The van der Waals surface area contributed by atoms with Crippen molar-refractivity contribution in [2.45, 2.75) is 40.2 Å². The van der Waals surface area contributed by atoms with Crippen LogP contribution in [0.25, 0.3) is 0 Å². The number of aryl methyl sites for hydroxylation is 3. The molecule has 0 radical (unpaired) electrons. The maximum atomic E-state index is 5.78. The van der Waals surface area contributed by atoms with Crippen molar-refractivity contribution in [3.8, 4) is 0 Å². The topological polar surface area (TPSA) is 85.8 Å². The standard InChI is InChI=1S/C15H23N7/c1-10-7-14(19-15(16)17-10)21-6-4-5-13(8-21)9-22-12(3)18-11(2)20-22/h7,13H,4-6,8-9H2,1-3H3,(H2,16,17,19). The first-order valence-electron chi connectivity index (χ1n) is 7.75. The van der Waals surface area contributed by atoms with Crippen molar-refractivity contribution in [2.75, 3.05) is 23.7 Å². The smallest absolute Gasteiger partial charge is 0.222 e. The lowest BCUT2D eigenvalue weighted by atomic mass is 9.98. The molecule has 0 bridgehead atoms. The summed E-state index contributed by atoms with van der Waals surface area (Å²) in [6, 6.07) is 2.00. The van der Waals surface area contributed by atoms with Crippen LogP contribution >= 0.6 is 0 Å². The first-order valence-corrected chi connectivity index (χ1v) is 7.75. The molecule has 2 aromatic heterocycles. The van der Waals surface area contributed by atoms with Crippen LogP contribution in [0.5, 0.6) is 0 Å². The van der Waals surface area contributed by atoms with Crippen LogP contribution in [0.15, 0.2) is 6.07 Å². The third kappa shape index (κ3) is 3.18. The van der Waals surface area contributed by atoms with Crippen LogP contribution in [0.1, 0.15) is 30.2 Å². The Bertz CT molecular complexity index is 644. The van der Waals surface area contributed by atoms with Crippen molar-refractivity contribution in [1.82, 2.24) is 24.7 Å². The van der Waals surface area contributed by atoms with Gasteiger partial charge in [0.1, 0.15) is 17.5 Å². The van der Waals surface area contributed by atoms with Crippen molar-refractivity contribution in [2.24, 2.45) is 5.92 Å². The summed E-state index contributed by atoms with van der Waals surface area (Å²) in [6.45, 7) is 8.78. The largest absolute Gasteiger partial charge is 0.368 e. The van der Waals surface area contributed by atoms with Crippen molar-refractivity contribution in [3.63, 3.8) is 0 Å². The van der Waals surface area contributed by atoms with Crippen LogP contribution in [0.3, 0.4) is 0 Å². The SMILES string of the molecule is Cc1cc(N2CCCC(Cn3nc(C)nc3C)C2)nc(N)n1. The molecule has 22 heavy (non-hydrogen) atoms. The van der Waals surface area contributed by atoms with Gasteiger partial charge in [0.25, 0.3) is 0 Å². The fourth-order valence-electron chi connectivity index (χ4n) is 3.14. The molecule has 3 rings (SSSR count). The monoisotopic (exact) mass is 301 g/mol. The van der Waals surface area contributed by atoms with Crippen molar-refractivity contribution in [3.05, 3.63) is 23.4 Å². The molecule has 3 heterocycles. The van der Waals surface area contributed by atoms with Gasteiger partial charge < -0.3 is 10.6 Å². The van der Waals surface area contributed by atoms with Crippen LogP contribution in [-0.4, -0.2) is 37.8 Å². The summed E-state index contributed by atoms with van der Waals surface area (Å²) in [5.74, 6) is 3.65. The molecule has 0 amide bonds. The molecule has 0 aliphatic carbocycles. The van der Waals surface area contributed by atoms with Gasteiger partial charge in [0.05, 0.1) is 0 Å². The van der Waals surface area contributed by atoms with Gasteiger partial charge in [-0.25, -0.2) is 14.6 Å². The van der Waals surface area contributed by atoms with Crippen LogP contribution in [0.2, 0.25) is 0 Å². The van der Waals surface area contributed by atoms with Gasteiger partial charge in [-0.1, -0.05) is 0 Å². The van der Waals surface area contributed by atoms with Crippen molar-refractivity contribution >= 4 is 11.8 Å². The summed E-state index contributed by atoms with van der Waals surface area (Å²) in [7, 11) is 0. The first kappa shape index (κ1) is 14.7. The van der Waals surface area contributed by atoms with Gasteiger partial charge in [0.2, 0.25) is 5.95 Å². The van der Waals surface area contributed by atoms with E-state index in [1.165, 1.54) is 6.42 Å². The maximum Gasteiger partial charge on any atom is 0.222 e. The Labute approximate surface area is 130 Å². The lowest BCUT2D eigenvalue weighted by Crippen LogP contribution is -2.38. The Hall–Kier alpha value is -2.18. The molecular weight excluding hydrogens is 278 g/mol. The van der Waals surface area contributed by atoms with Crippen LogP contribution in [0.4, 0.5) is 11.8 Å². The molecule has 1 saturated heterocycles. The zero-order valence-corrected chi connectivity index (χ0v) is 13.5. The number of hydrogen-bond acceptors (Lipinski definition) is 6. The molecule has 0 aromatic carbocycles. The van der Waals surface area contributed by atoms with Gasteiger partial charge in [0.15, 0.2) is 0 Å². The number of anilines is 2. The van der Waals surface area contributed by atoms with Gasteiger partial charge in [0, 0.05) is 31.4 Å². The molecule has 2 aromatic rings. The van der Waals surface area contributed by atoms with Crippen molar-refractivity contribution < 1.29 is 0 Å². The molecule has 0 spiro atoms. The van der Waals surface area contributed by atoms with E-state index in [2.05, 4.69) is 25.0 Å². The van der Waals surface area contributed by atoms with Crippen LogP contribution in [0, 0.1) is 26.7 Å². The fraction of sp³-hybridized carbons (Fsp3) is 0.600. The fourth-order valence-corrected chi connectivity index (χ4v) is 3.14. The number of rotatable bonds is 3. The second-order valence-corrected chi connectivity index (χ2v) is 6.07. The average Bonchev–Trinajstić information content (AvgIpc) is 2.76. The quantitative estimate of drug-likeness (QED) is 0.924. The molecule has 1 aliphatic heterocycles. The predicted molar refractivity (Wildman–Crippen MR) is 85.6 cm³/mol. The average molecular weight is 301 g/mol. The normalized spacial score (nSPS) is 18.7. The van der Waals surface area contributed by atoms with Crippen LogP contribution in [-0.2, 0) is 6.54 Å². The first-order chi connectivity index (χ1) is 10.5. The lowest BCUT2D eigenvalue weighted by molar-refractivity contribution is 0.346. The van der Waals surface area contributed by atoms with Gasteiger partial charge in [-0.3, -0.25) is 0 Å². The predicted octanol–water partition coefficient (Wildman–Crippen LogP) is 1.49. The highest BCUT2D eigenvalue weighted by atomic mass is 15.3. The van der Waals surface area contributed by atoms with E-state index in [0.717, 1.165) is 49.2 Å². The molecule has 7 nitrogen and oxygen atoms in total. The van der Waals surface area contributed by atoms with Crippen molar-refractivity contribution in [1.29, 1.82) is 0 Å². The highest BCUT2D eigenvalue weighted by molar-refractivity contribution is 5.43. The highest BCUT2D eigenvalue weighted by Crippen LogP contribution is 2.23. The molecule has 118 valence electrons. The van der Waals surface area contributed by atoms with E-state index >= 15 is 0 Å². The molecule has 1 atom stereocenters. The summed E-state index contributed by atoms with van der Waals surface area (Å²) < 4.78 is 2.02. The van der Waals surface area contributed by atoms with E-state index < -0.39 is 0 Å². The second kappa shape index (κ2) is 5.90. The number of aromatic nitrogens is 5. The molecule has 2 N–H and O–H groups in total. The van der Waals surface area contributed by atoms with E-state index in [1.807, 2.05) is 31.5 Å². The minimum absolute atomic E-state index is 0.347. The van der Waals surface area contributed by atoms with E-state index in [-0.39, 0.29) is 0 Å². The molecule has 1 unspecified atom stereocenters. The number of hydrogen-bond donors (Lipinski definition) is 1. The Kier molecular flexibility index (Phi) is 3.96. The zero-order valence-electron chi connectivity index (χ0n) is 13.5. The number of nitrogens with zero attached hydrogens (tertiary/aromatic N) is 6. The van der Waals surface area contributed by atoms with Gasteiger partial charge >= 0.3 is 0 Å². The summed E-state index contributed by atoms with van der Waals surface area (Å²) >= 11 is 0. The minimum Gasteiger partial charge on any atom is -0.368 e. The van der Waals surface area contributed by atoms with Gasteiger partial charge in [-0.2, -0.15) is 10.1 Å². The summed E-state index contributed by atoms with van der Waals surface area (Å²) in [5.41, 5.74) is 6.69.